The van der Waals surface area contributed by atoms with Crippen molar-refractivity contribution in [3.05, 3.63) is 0 Å². The van der Waals surface area contributed by atoms with Crippen molar-refractivity contribution in [2.24, 2.45) is 16.7 Å². The first kappa shape index (κ1) is 20.4. The Morgan fingerprint density at radius 2 is 1.41 bits per heavy atom. The monoisotopic (exact) mass is 404 g/mol. The lowest BCUT2D eigenvalue weighted by Crippen LogP contribution is -2.65. The fourth-order valence-electron chi connectivity index (χ4n) is 5.72. The molecule has 4 aliphatic rings. The van der Waals surface area contributed by atoms with Crippen molar-refractivity contribution in [2.45, 2.75) is 44.1 Å². The van der Waals surface area contributed by atoms with Crippen LogP contribution in [0.3, 0.4) is 0 Å². The van der Waals surface area contributed by atoms with Gasteiger partial charge in [-0.1, -0.05) is 0 Å². The van der Waals surface area contributed by atoms with E-state index in [1.54, 1.807) is 0 Å². The molecular weight excluding hydrogens is 380 g/mol. The molecule has 0 spiro atoms. The number of alkyl halides is 1. The highest BCUT2D eigenvalue weighted by atomic mass is 35.5. The second kappa shape index (κ2) is 7.56. The van der Waals surface area contributed by atoms with Crippen LogP contribution in [0.1, 0.15) is 38.5 Å². The Labute approximate surface area is 162 Å². The molecule has 0 N–H and O–H groups in total. The first-order valence-corrected chi connectivity index (χ1v) is 9.46. The number of carbonyl (C=O) groups excluding carboxylic acids is 3. The largest absolute Gasteiger partial charge is 0.458 e. The molecule has 2 atom stereocenters. The average Bonchev–Trinajstić information content (AvgIpc) is 2.62. The van der Waals surface area contributed by atoms with Crippen LogP contribution < -0.4 is 0 Å². The summed E-state index contributed by atoms with van der Waals surface area (Å²) in [6.07, 6.45) is 2.74. The zero-order valence-corrected chi connectivity index (χ0v) is 16.3. The van der Waals surface area contributed by atoms with Gasteiger partial charge < -0.3 is 23.7 Å². The van der Waals surface area contributed by atoms with E-state index in [1.165, 1.54) is 14.2 Å². The van der Waals surface area contributed by atoms with Crippen LogP contribution in [0.4, 0.5) is 0 Å². The van der Waals surface area contributed by atoms with E-state index >= 15 is 0 Å². The highest BCUT2D eigenvalue weighted by Gasteiger charge is 2.70. The summed E-state index contributed by atoms with van der Waals surface area (Å²) in [7, 11) is 2.86. The topological polar surface area (TPSA) is 97.4 Å². The summed E-state index contributed by atoms with van der Waals surface area (Å²) in [5.74, 6) is -1.64. The Bertz CT molecular complexity index is 584. The predicted octanol–water partition coefficient (Wildman–Crippen LogP) is 1.77. The van der Waals surface area contributed by atoms with Gasteiger partial charge >= 0.3 is 17.9 Å². The normalized spacial score (nSPS) is 36.3. The van der Waals surface area contributed by atoms with Crippen LogP contribution in [0.2, 0.25) is 0 Å². The van der Waals surface area contributed by atoms with Crippen molar-refractivity contribution in [2.75, 3.05) is 33.7 Å². The summed E-state index contributed by atoms with van der Waals surface area (Å²) in [5, 5.41) is 0. The Morgan fingerprint density at radius 1 is 0.889 bits per heavy atom. The lowest BCUT2D eigenvalue weighted by Gasteiger charge is -2.63. The van der Waals surface area contributed by atoms with E-state index in [-0.39, 0.29) is 25.4 Å². The maximum atomic E-state index is 12.9. The fourth-order valence-corrected chi connectivity index (χ4v) is 5.77. The van der Waals surface area contributed by atoms with E-state index in [9.17, 15) is 14.4 Å². The number of hydrogen-bond donors (Lipinski definition) is 0. The second-order valence-corrected chi connectivity index (χ2v) is 8.30. The molecule has 0 aromatic heterocycles. The molecule has 4 rings (SSSR count). The van der Waals surface area contributed by atoms with Gasteiger partial charge in [0, 0.05) is 27.1 Å². The van der Waals surface area contributed by atoms with Gasteiger partial charge in [0.1, 0.15) is 11.5 Å². The minimum Gasteiger partial charge on any atom is -0.458 e. The Balaban J connectivity index is 1.94. The van der Waals surface area contributed by atoms with Gasteiger partial charge in [-0.05, 0) is 31.6 Å². The first-order valence-electron chi connectivity index (χ1n) is 8.93. The second-order valence-electron chi connectivity index (χ2n) is 8.04. The minimum absolute atomic E-state index is 0.0505. The van der Waals surface area contributed by atoms with E-state index < -0.39 is 34.3 Å². The van der Waals surface area contributed by atoms with Gasteiger partial charge in [0.05, 0.1) is 10.8 Å². The molecule has 0 amide bonds. The summed E-state index contributed by atoms with van der Waals surface area (Å²) in [6.45, 7) is -0.332. The molecule has 0 heterocycles. The van der Waals surface area contributed by atoms with Crippen LogP contribution >= 0.6 is 11.6 Å². The molecule has 152 valence electrons. The van der Waals surface area contributed by atoms with Gasteiger partial charge in [0.25, 0.3) is 0 Å². The molecule has 0 aromatic rings. The fraction of sp³-hybridized carbons (Fsp3) is 0.833. The third-order valence-corrected chi connectivity index (χ3v) is 6.16. The van der Waals surface area contributed by atoms with Gasteiger partial charge in [0.2, 0.25) is 0 Å². The number of ether oxygens (including phenoxy) is 5. The van der Waals surface area contributed by atoms with Crippen LogP contribution in [0.15, 0.2) is 0 Å². The van der Waals surface area contributed by atoms with Crippen molar-refractivity contribution in [1.82, 2.24) is 0 Å². The SMILES string of the molecule is COCOC(=O)C12CC3CC(OC(=O)CCl)(C1)CC(C(=O)OCOC)(C3)C2. The molecule has 9 heteroatoms. The van der Waals surface area contributed by atoms with Crippen LogP contribution in [-0.2, 0) is 38.1 Å². The number of halogens is 1. The molecule has 4 fully saturated rings. The van der Waals surface area contributed by atoms with Gasteiger partial charge in [-0.2, -0.15) is 0 Å². The van der Waals surface area contributed by atoms with E-state index in [1.807, 2.05) is 0 Å². The Morgan fingerprint density at radius 3 is 1.85 bits per heavy atom. The highest BCUT2D eigenvalue weighted by Crippen LogP contribution is 2.68. The number of esters is 3. The van der Waals surface area contributed by atoms with Gasteiger partial charge in [0.15, 0.2) is 13.6 Å². The minimum atomic E-state index is -0.913. The van der Waals surface area contributed by atoms with Crippen molar-refractivity contribution in [3.8, 4) is 0 Å². The summed E-state index contributed by atoms with van der Waals surface area (Å²) in [4.78, 5) is 37.7. The van der Waals surface area contributed by atoms with E-state index in [0.717, 1.165) is 0 Å². The summed E-state index contributed by atoms with van der Waals surface area (Å²) in [6, 6.07) is 0. The number of carbonyl (C=O) groups is 3. The van der Waals surface area contributed by atoms with Crippen molar-refractivity contribution < 1.29 is 38.1 Å². The molecule has 4 aliphatic carbocycles. The summed E-state index contributed by atoms with van der Waals surface area (Å²) < 4.78 is 25.9. The van der Waals surface area contributed by atoms with Crippen molar-refractivity contribution >= 4 is 29.5 Å². The van der Waals surface area contributed by atoms with Gasteiger partial charge in [-0.25, -0.2) is 0 Å². The van der Waals surface area contributed by atoms with Crippen LogP contribution in [-0.4, -0.2) is 57.2 Å². The maximum Gasteiger partial charge on any atom is 0.321 e. The quantitative estimate of drug-likeness (QED) is 0.261. The lowest BCUT2D eigenvalue weighted by atomic mass is 9.42. The van der Waals surface area contributed by atoms with Crippen molar-refractivity contribution in [3.63, 3.8) is 0 Å². The number of rotatable bonds is 8. The van der Waals surface area contributed by atoms with Crippen LogP contribution in [0, 0.1) is 16.7 Å². The zero-order chi connectivity index (χ0) is 19.7. The zero-order valence-electron chi connectivity index (χ0n) is 15.6. The van der Waals surface area contributed by atoms with Crippen LogP contribution in [0.25, 0.3) is 0 Å². The molecule has 0 aromatic carbocycles. The molecule has 2 unspecified atom stereocenters. The maximum absolute atomic E-state index is 12.9. The molecule has 4 saturated carbocycles. The van der Waals surface area contributed by atoms with Crippen molar-refractivity contribution in [1.29, 1.82) is 0 Å². The lowest BCUT2D eigenvalue weighted by molar-refractivity contribution is -0.239. The standard InChI is InChI=1S/C18H25ClO8/c1-23-10-25-14(21)16-3-12-4-17(7-16,15(22)26-11-24-2)9-18(5-12,8-16)27-13(20)6-19/h12H,3-11H2,1-2H3. The third-order valence-electron chi connectivity index (χ3n) is 5.94. The molecule has 0 aliphatic heterocycles. The molecular formula is C18H25ClO8. The molecule has 4 bridgehead atoms. The van der Waals surface area contributed by atoms with E-state index in [4.69, 9.17) is 35.3 Å². The number of hydrogen-bond acceptors (Lipinski definition) is 8. The average molecular weight is 405 g/mol. The van der Waals surface area contributed by atoms with E-state index in [2.05, 4.69) is 0 Å². The van der Waals surface area contributed by atoms with E-state index in [0.29, 0.717) is 38.5 Å². The third kappa shape index (κ3) is 3.67. The Kier molecular flexibility index (Phi) is 5.70. The van der Waals surface area contributed by atoms with Gasteiger partial charge in [-0.3, -0.25) is 14.4 Å². The summed E-state index contributed by atoms with van der Waals surface area (Å²) in [5.41, 5.74) is -2.73. The summed E-state index contributed by atoms with van der Waals surface area (Å²) >= 11 is 5.63. The van der Waals surface area contributed by atoms with Gasteiger partial charge in [-0.15, -0.1) is 11.6 Å². The predicted molar refractivity (Wildman–Crippen MR) is 91.5 cm³/mol. The molecule has 0 saturated heterocycles. The molecule has 27 heavy (non-hydrogen) atoms. The van der Waals surface area contributed by atoms with Crippen LogP contribution in [0.5, 0.6) is 0 Å². The first-order chi connectivity index (χ1) is 12.8. The molecule has 0 radical (unpaired) electrons. The smallest absolute Gasteiger partial charge is 0.321 e. The molecule has 8 nitrogen and oxygen atoms in total. The Hall–Kier alpha value is -1.38. The number of methoxy groups -OCH3 is 2. The highest BCUT2D eigenvalue weighted by molar-refractivity contribution is 6.26.